The highest BCUT2D eigenvalue weighted by molar-refractivity contribution is 6.32. The molecule has 0 spiro atoms. The largest absolute Gasteiger partial charge is 0.466 e. The van der Waals surface area contributed by atoms with Gasteiger partial charge < -0.3 is 14.2 Å². The van der Waals surface area contributed by atoms with E-state index in [4.69, 9.17) is 21.1 Å². The van der Waals surface area contributed by atoms with E-state index in [2.05, 4.69) is 4.74 Å². The lowest BCUT2D eigenvalue weighted by molar-refractivity contribution is -0.385. The number of hydrogen-bond donors (Lipinski definition) is 0. The molecule has 0 aliphatic carbocycles. The highest BCUT2D eigenvalue weighted by atomic mass is 35.5. The number of rotatable bonds is 6. The monoisotopic (exact) mass is 447 g/mol. The minimum Gasteiger partial charge on any atom is -0.466 e. The van der Waals surface area contributed by atoms with Crippen LogP contribution in [0.15, 0.2) is 36.4 Å². The van der Waals surface area contributed by atoms with Gasteiger partial charge in [-0.15, -0.1) is 0 Å². The maximum absolute atomic E-state index is 12.7. The van der Waals surface area contributed by atoms with Gasteiger partial charge in [0.15, 0.2) is 6.10 Å². The van der Waals surface area contributed by atoms with Crippen molar-refractivity contribution >= 4 is 29.2 Å². The fourth-order valence-corrected chi connectivity index (χ4v) is 2.45. The zero-order valence-corrected chi connectivity index (χ0v) is 16.1. The van der Waals surface area contributed by atoms with Gasteiger partial charge in [0, 0.05) is 12.1 Å². The van der Waals surface area contributed by atoms with Crippen LogP contribution in [0.1, 0.15) is 22.8 Å². The SMILES string of the molecule is COC(=O)C(C)OC(=O)c1cc(Oc2ccc(C(F)(F)F)cc2Cl)ccc1[N+](=O)[O-]. The number of benzene rings is 2. The molecule has 0 saturated heterocycles. The number of nitrogens with zero attached hydrogens (tertiary/aromatic N) is 1. The second kappa shape index (κ2) is 8.99. The molecule has 12 heteroatoms. The number of methoxy groups -OCH3 is 1. The molecule has 0 aliphatic rings. The van der Waals surface area contributed by atoms with Crippen LogP contribution in [0.2, 0.25) is 5.02 Å². The summed E-state index contributed by atoms with van der Waals surface area (Å²) in [6, 6.07) is 5.34. The van der Waals surface area contributed by atoms with Crippen molar-refractivity contribution in [1.82, 2.24) is 0 Å². The van der Waals surface area contributed by atoms with Gasteiger partial charge in [-0.2, -0.15) is 13.2 Å². The zero-order chi connectivity index (χ0) is 22.6. The molecule has 30 heavy (non-hydrogen) atoms. The lowest BCUT2D eigenvalue weighted by Gasteiger charge is -2.13. The Hall–Kier alpha value is -3.34. The second-order valence-corrected chi connectivity index (χ2v) is 6.16. The molecule has 0 N–H and O–H groups in total. The topological polar surface area (TPSA) is 105 Å². The third-order valence-electron chi connectivity index (χ3n) is 3.69. The fourth-order valence-electron chi connectivity index (χ4n) is 2.23. The van der Waals surface area contributed by atoms with Gasteiger partial charge in [0.25, 0.3) is 5.69 Å². The van der Waals surface area contributed by atoms with Gasteiger partial charge in [-0.1, -0.05) is 11.6 Å². The maximum atomic E-state index is 12.7. The summed E-state index contributed by atoms with van der Waals surface area (Å²) >= 11 is 5.81. The Labute approximate surface area is 172 Å². The van der Waals surface area contributed by atoms with E-state index in [9.17, 15) is 32.9 Å². The van der Waals surface area contributed by atoms with Crippen LogP contribution in [0.25, 0.3) is 0 Å². The highest BCUT2D eigenvalue weighted by Crippen LogP contribution is 2.37. The summed E-state index contributed by atoms with van der Waals surface area (Å²) in [6.07, 6.45) is -5.95. The van der Waals surface area contributed by atoms with Crippen molar-refractivity contribution in [2.75, 3.05) is 7.11 Å². The summed E-state index contributed by atoms with van der Waals surface area (Å²) in [7, 11) is 1.07. The summed E-state index contributed by atoms with van der Waals surface area (Å²) in [6.45, 7) is 1.21. The molecule has 8 nitrogen and oxygen atoms in total. The third kappa shape index (κ3) is 5.38. The first kappa shape index (κ1) is 22.9. The Morgan fingerprint density at radius 3 is 2.37 bits per heavy atom. The van der Waals surface area contributed by atoms with E-state index in [0.717, 1.165) is 37.4 Å². The van der Waals surface area contributed by atoms with Crippen molar-refractivity contribution < 1.29 is 41.9 Å². The van der Waals surface area contributed by atoms with Crippen LogP contribution in [0.5, 0.6) is 11.5 Å². The summed E-state index contributed by atoms with van der Waals surface area (Å²) < 4.78 is 52.8. The van der Waals surface area contributed by atoms with E-state index < -0.39 is 46.0 Å². The first-order chi connectivity index (χ1) is 13.9. The number of nitro benzene ring substituents is 1. The third-order valence-corrected chi connectivity index (χ3v) is 3.98. The minimum atomic E-state index is -4.61. The van der Waals surface area contributed by atoms with E-state index in [1.165, 1.54) is 6.92 Å². The van der Waals surface area contributed by atoms with Crippen LogP contribution in [-0.4, -0.2) is 30.1 Å². The van der Waals surface area contributed by atoms with Crippen molar-refractivity contribution in [3.63, 3.8) is 0 Å². The van der Waals surface area contributed by atoms with E-state index in [1.807, 2.05) is 0 Å². The van der Waals surface area contributed by atoms with Gasteiger partial charge in [0.1, 0.15) is 17.1 Å². The Bertz CT molecular complexity index is 994. The minimum absolute atomic E-state index is 0.139. The number of carbonyl (C=O) groups is 2. The highest BCUT2D eigenvalue weighted by Gasteiger charge is 2.31. The number of halogens is 4. The molecule has 0 saturated carbocycles. The number of ether oxygens (including phenoxy) is 3. The first-order valence-corrected chi connectivity index (χ1v) is 8.43. The quantitative estimate of drug-likeness (QED) is 0.356. The summed E-state index contributed by atoms with van der Waals surface area (Å²) in [5.74, 6) is -2.40. The van der Waals surface area contributed by atoms with Crippen LogP contribution in [0.4, 0.5) is 18.9 Å². The van der Waals surface area contributed by atoms with Crippen molar-refractivity contribution in [3.05, 3.63) is 62.7 Å². The Morgan fingerprint density at radius 2 is 1.83 bits per heavy atom. The smallest absolute Gasteiger partial charge is 0.416 e. The molecular weight excluding hydrogens is 435 g/mol. The van der Waals surface area contributed by atoms with Crippen molar-refractivity contribution in [3.8, 4) is 11.5 Å². The summed E-state index contributed by atoms with van der Waals surface area (Å²) in [5.41, 5.74) is -2.18. The first-order valence-electron chi connectivity index (χ1n) is 8.06. The van der Waals surface area contributed by atoms with Gasteiger partial charge >= 0.3 is 18.1 Å². The Kier molecular flexibility index (Phi) is 6.88. The van der Waals surface area contributed by atoms with Crippen LogP contribution < -0.4 is 4.74 Å². The summed E-state index contributed by atoms with van der Waals surface area (Å²) in [5, 5.41) is 10.8. The van der Waals surface area contributed by atoms with Gasteiger partial charge in [-0.3, -0.25) is 10.1 Å². The predicted molar refractivity (Wildman–Crippen MR) is 96.5 cm³/mol. The number of alkyl halides is 3. The average Bonchev–Trinajstić information content (AvgIpc) is 2.67. The molecule has 2 aromatic rings. The van der Waals surface area contributed by atoms with Crippen LogP contribution in [0, 0.1) is 10.1 Å². The number of hydrogen-bond acceptors (Lipinski definition) is 7. The fraction of sp³-hybridized carbons (Fsp3) is 0.222. The van der Waals surface area contributed by atoms with Gasteiger partial charge in [-0.25, -0.2) is 9.59 Å². The maximum Gasteiger partial charge on any atom is 0.416 e. The molecule has 160 valence electrons. The second-order valence-electron chi connectivity index (χ2n) is 5.75. The Balaban J connectivity index is 2.35. The lowest BCUT2D eigenvalue weighted by Crippen LogP contribution is -2.25. The van der Waals surface area contributed by atoms with Crippen LogP contribution >= 0.6 is 11.6 Å². The molecule has 0 heterocycles. The van der Waals surface area contributed by atoms with Crippen molar-refractivity contribution in [2.45, 2.75) is 19.2 Å². The normalized spacial score (nSPS) is 12.1. The zero-order valence-electron chi connectivity index (χ0n) is 15.4. The Morgan fingerprint density at radius 1 is 1.17 bits per heavy atom. The molecular formula is C18H13ClF3NO7. The van der Waals surface area contributed by atoms with E-state index >= 15 is 0 Å². The number of nitro groups is 1. The predicted octanol–water partition coefficient (Wildman–Crippen LogP) is 4.78. The van der Waals surface area contributed by atoms with Crippen molar-refractivity contribution in [2.24, 2.45) is 0 Å². The number of carbonyl (C=O) groups excluding carboxylic acids is 2. The molecule has 0 amide bonds. The van der Waals surface area contributed by atoms with Gasteiger partial charge in [0.2, 0.25) is 0 Å². The molecule has 1 unspecified atom stereocenters. The van der Waals surface area contributed by atoms with E-state index in [-0.39, 0.29) is 16.5 Å². The van der Waals surface area contributed by atoms with Gasteiger partial charge in [-0.05, 0) is 31.2 Å². The van der Waals surface area contributed by atoms with E-state index in [0.29, 0.717) is 6.07 Å². The molecule has 0 aliphatic heterocycles. The molecule has 0 aromatic heterocycles. The van der Waals surface area contributed by atoms with Crippen LogP contribution in [0.3, 0.4) is 0 Å². The lowest BCUT2D eigenvalue weighted by atomic mass is 10.1. The summed E-state index contributed by atoms with van der Waals surface area (Å²) in [4.78, 5) is 34.0. The number of esters is 2. The molecule has 0 fully saturated rings. The van der Waals surface area contributed by atoms with Crippen molar-refractivity contribution in [1.29, 1.82) is 0 Å². The van der Waals surface area contributed by atoms with Gasteiger partial charge in [0.05, 0.1) is 22.6 Å². The standard InChI is InChI=1S/C18H13ClF3NO7/c1-9(16(24)28-2)29-17(25)12-8-11(4-5-14(12)23(26)27)30-15-6-3-10(7-13(15)19)18(20,21)22/h3-9H,1-2H3. The van der Waals surface area contributed by atoms with Crippen LogP contribution in [-0.2, 0) is 20.4 Å². The average molecular weight is 448 g/mol. The molecule has 2 aromatic carbocycles. The molecule has 0 radical (unpaired) electrons. The molecule has 1 atom stereocenters. The molecule has 2 rings (SSSR count). The molecule has 0 bridgehead atoms. The van der Waals surface area contributed by atoms with E-state index in [1.54, 1.807) is 0 Å².